The molecule has 0 aliphatic carbocycles. The number of aromatic nitrogens is 1. The van der Waals surface area contributed by atoms with Gasteiger partial charge in [-0.15, -0.1) is 0 Å². The number of anilines is 2. The molecule has 2 aromatic carbocycles. The standard InChI is InChI=1S/C15H12ClN3OS/c1-8-3-2-4-10(17)13(8)14(20)19-15-18-11-6-5-9(16)7-12(11)21-15/h2-7H,17H2,1H3,(H,18,19,20). The molecule has 3 rings (SSSR count). The van der Waals surface area contributed by atoms with E-state index in [0.29, 0.717) is 21.4 Å². The van der Waals surface area contributed by atoms with Gasteiger partial charge in [0.1, 0.15) is 0 Å². The van der Waals surface area contributed by atoms with Gasteiger partial charge in [0.15, 0.2) is 5.13 Å². The second-order valence-corrected chi connectivity index (χ2v) is 6.09. The van der Waals surface area contributed by atoms with Crippen LogP contribution in [0.3, 0.4) is 0 Å². The lowest BCUT2D eigenvalue weighted by atomic mass is 10.1. The van der Waals surface area contributed by atoms with E-state index in [2.05, 4.69) is 10.3 Å². The van der Waals surface area contributed by atoms with E-state index in [1.165, 1.54) is 11.3 Å². The van der Waals surface area contributed by atoms with Crippen LogP contribution in [0.4, 0.5) is 10.8 Å². The second kappa shape index (κ2) is 5.35. The summed E-state index contributed by atoms with van der Waals surface area (Å²) in [6.45, 7) is 1.85. The van der Waals surface area contributed by atoms with E-state index in [9.17, 15) is 4.79 Å². The summed E-state index contributed by atoms with van der Waals surface area (Å²) in [6, 6.07) is 10.8. The first kappa shape index (κ1) is 13.9. The van der Waals surface area contributed by atoms with Gasteiger partial charge >= 0.3 is 0 Å². The summed E-state index contributed by atoms with van der Waals surface area (Å²) < 4.78 is 0.926. The molecule has 1 heterocycles. The first-order valence-electron chi connectivity index (χ1n) is 6.27. The third-order valence-electron chi connectivity index (χ3n) is 3.10. The number of carbonyl (C=O) groups is 1. The van der Waals surface area contributed by atoms with Crippen molar-refractivity contribution in [1.82, 2.24) is 4.98 Å². The van der Waals surface area contributed by atoms with Crippen molar-refractivity contribution in [1.29, 1.82) is 0 Å². The van der Waals surface area contributed by atoms with Gasteiger partial charge in [0.2, 0.25) is 0 Å². The number of hydrogen-bond acceptors (Lipinski definition) is 4. The van der Waals surface area contributed by atoms with Crippen molar-refractivity contribution < 1.29 is 4.79 Å². The summed E-state index contributed by atoms with van der Waals surface area (Å²) in [7, 11) is 0. The minimum atomic E-state index is -0.254. The van der Waals surface area contributed by atoms with Crippen molar-refractivity contribution in [2.45, 2.75) is 6.92 Å². The maximum Gasteiger partial charge on any atom is 0.259 e. The molecule has 3 aromatic rings. The molecule has 106 valence electrons. The summed E-state index contributed by atoms with van der Waals surface area (Å²) in [5, 5.41) is 3.97. The SMILES string of the molecule is Cc1cccc(N)c1C(=O)Nc1nc2ccc(Cl)cc2s1. The molecule has 6 heteroatoms. The lowest BCUT2D eigenvalue weighted by Gasteiger charge is -2.08. The smallest absolute Gasteiger partial charge is 0.259 e. The number of amides is 1. The molecule has 0 saturated carbocycles. The molecule has 0 bridgehead atoms. The molecule has 1 aromatic heterocycles. The van der Waals surface area contributed by atoms with Crippen LogP contribution < -0.4 is 11.1 Å². The van der Waals surface area contributed by atoms with E-state index in [1.54, 1.807) is 12.1 Å². The first-order chi connectivity index (χ1) is 10.0. The Bertz CT molecular complexity index is 824. The first-order valence-corrected chi connectivity index (χ1v) is 7.46. The highest BCUT2D eigenvalue weighted by Gasteiger charge is 2.14. The fourth-order valence-corrected chi connectivity index (χ4v) is 3.25. The Hall–Kier alpha value is -2.11. The highest BCUT2D eigenvalue weighted by Crippen LogP contribution is 2.29. The van der Waals surface area contributed by atoms with Gasteiger partial charge in [-0.2, -0.15) is 0 Å². The van der Waals surface area contributed by atoms with Gasteiger partial charge in [0, 0.05) is 10.7 Å². The van der Waals surface area contributed by atoms with Crippen molar-refractivity contribution in [3.05, 3.63) is 52.5 Å². The maximum absolute atomic E-state index is 12.3. The van der Waals surface area contributed by atoms with Crippen molar-refractivity contribution in [2.24, 2.45) is 0 Å². The maximum atomic E-state index is 12.3. The van der Waals surface area contributed by atoms with Crippen molar-refractivity contribution in [2.75, 3.05) is 11.1 Å². The number of nitrogens with one attached hydrogen (secondary N) is 1. The minimum absolute atomic E-state index is 0.254. The third kappa shape index (κ3) is 2.70. The van der Waals surface area contributed by atoms with E-state index in [1.807, 2.05) is 31.2 Å². The van der Waals surface area contributed by atoms with Gasteiger partial charge < -0.3 is 5.73 Å². The highest BCUT2D eigenvalue weighted by molar-refractivity contribution is 7.22. The van der Waals surface area contributed by atoms with Crippen LogP contribution in [-0.4, -0.2) is 10.9 Å². The summed E-state index contributed by atoms with van der Waals surface area (Å²) in [5.74, 6) is -0.254. The molecule has 21 heavy (non-hydrogen) atoms. The van der Waals surface area contributed by atoms with Gasteiger partial charge in [0.25, 0.3) is 5.91 Å². The highest BCUT2D eigenvalue weighted by atomic mass is 35.5. The van der Waals surface area contributed by atoms with Crippen molar-refractivity contribution in [3.8, 4) is 0 Å². The summed E-state index contributed by atoms with van der Waals surface area (Å²) >= 11 is 7.32. The zero-order chi connectivity index (χ0) is 15.0. The third-order valence-corrected chi connectivity index (χ3v) is 4.27. The number of benzene rings is 2. The van der Waals surface area contributed by atoms with E-state index in [0.717, 1.165) is 15.8 Å². The molecule has 0 aliphatic heterocycles. The van der Waals surface area contributed by atoms with Crippen LogP contribution in [0.2, 0.25) is 5.02 Å². The molecule has 0 spiro atoms. The molecule has 0 aliphatic rings. The lowest BCUT2D eigenvalue weighted by Crippen LogP contribution is -2.15. The van der Waals surface area contributed by atoms with Crippen LogP contribution in [0.25, 0.3) is 10.2 Å². The zero-order valence-corrected chi connectivity index (χ0v) is 12.8. The van der Waals surface area contributed by atoms with Gasteiger partial charge in [-0.25, -0.2) is 4.98 Å². The molecule has 0 radical (unpaired) electrons. The van der Waals surface area contributed by atoms with Crippen LogP contribution in [0, 0.1) is 6.92 Å². The minimum Gasteiger partial charge on any atom is -0.398 e. The van der Waals surface area contributed by atoms with E-state index in [4.69, 9.17) is 17.3 Å². The number of thiazole rings is 1. The van der Waals surface area contributed by atoms with Crippen LogP contribution in [0.15, 0.2) is 36.4 Å². The van der Waals surface area contributed by atoms with Crippen molar-refractivity contribution >= 4 is 49.9 Å². The van der Waals surface area contributed by atoms with Gasteiger partial charge in [0.05, 0.1) is 15.8 Å². The zero-order valence-electron chi connectivity index (χ0n) is 11.2. The summed E-state index contributed by atoms with van der Waals surface area (Å²) in [6.07, 6.45) is 0. The number of hydrogen-bond donors (Lipinski definition) is 2. The van der Waals surface area contributed by atoms with E-state index in [-0.39, 0.29) is 5.91 Å². The number of halogens is 1. The molecule has 0 unspecified atom stereocenters. The van der Waals surface area contributed by atoms with Crippen LogP contribution in [-0.2, 0) is 0 Å². The Labute approximate surface area is 130 Å². The molecule has 3 N–H and O–H groups in total. The Balaban J connectivity index is 1.93. The second-order valence-electron chi connectivity index (χ2n) is 4.62. The molecule has 4 nitrogen and oxygen atoms in total. The van der Waals surface area contributed by atoms with E-state index >= 15 is 0 Å². The number of rotatable bonds is 2. The monoisotopic (exact) mass is 317 g/mol. The van der Waals surface area contributed by atoms with Gasteiger partial charge in [-0.05, 0) is 36.8 Å². The summed E-state index contributed by atoms with van der Waals surface area (Å²) in [4.78, 5) is 16.7. The normalized spacial score (nSPS) is 10.8. The predicted octanol–water partition coefficient (Wildman–Crippen LogP) is 4.09. The van der Waals surface area contributed by atoms with Gasteiger partial charge in [-0.3, -0.25) is 10.1 Å². The molecular weight excluding hydrogens is 306 g/mol. The lowest BCUT2D eigenvalue weighted by molar-refractivity contribution is 0.102. The molecule has 0 atom stereocenters. The van der Waals surface area contributed by atoms with Crippen LogP contribution in [0.5, 0.6) is 0 Å². The molecular formula is C15H12ClN3OS. The number of nitrogens with zero attached hydrogens (tertiary/aromatic N) is 1. The van der Waals surface area contributed by atoms with Crippen LogP contribution in [0.1, 0.15) is 15.9 Å². The Morgan fingerprint density at radius 2 is 2.14 bits per heavy atom. The number of nitrogen functional groups attached to an aromatic ring is 1. The topological polar surface area (TPSA) is 68.0 Å². The molecule has 1 amide bonds. The van der Waals surface area contributed by atoms with Crippen molar-refractivity contribution in [3.63, 3.8) is 0 Å². The number of aryl methyl sites for hydroxylation is 1. The van der Waals surface area contributed by atoms with E-state index < -0.39 is 0 Å². The fourth-order valence-electron chi connectivity index (χ4n) is 2.11. The van der Waals surface area contributed by atoms with Crippen LogP contribution >= 0.6 is 22.9 Å². The Morgan fingerprint density at radius 3 is 2.90 bits per heavy atom. The van der Waals surface area contributed by atoms with Gasteiger partial charge in [-0.1, -0.05) is 35.1 Å². The molecule has 0 saturated heterocycles. The summed E-state index contributed by atoms with van der Waals surface area (Å²) in [5.41, 5.74) is 8.45. The number of nitrogens with two attached hydrogens (primary N) is 1. The predicted molar refractivity (Wildman–Crippen MR) is 88.2 cm³/mol. The fraction of sp³-hybridized carbons (Fsp3) is 0.0667. The number of carbonyl (C=O) groups excluding carboxylic acids is 1. The Morgan fingerprint density at radius 1 is 1.33 bits per heavy atom. The average molecular weight is 318 g/mol. The Kier molecular flexibility index (Phi) is 3.53. The quantitative estimate of drug-likeness (QED) is 0.699. The largest absolute Gasteiger partial charge is 0.398 e. The average Bonchev–Trinajstić information content (AvgIpc) is 2.79. The number of fused-ring (bicyclic) bond motifs is 1. The molecule has 0 fully saturated rings.